The molecule has 2 aliphatic heterocycles. The molecule has 2 atom stereocenters. The molecule has 12 heteroatoms. The summed E-state index contributed by atoms with van der Waals surface area (Å²) in [7, 11) is 0. The molecule has 1 aliphatic carbocycles. The lowest BCUT2D eigenvalue weighted by molar-refractivity contribution is -0.184. The van der Waals surface area contributed by atoms with Crippen molar-refractivity contribution >= 4 is 30.3 Å². The van der Waals surface area contributed by atoms with E-state index in [9.17, 15) is 27.6 Å². The number of hydrogen-bond donors (Lipinski definition) is 3. The van der Waals surface area contributed by atoms with Gasteiger partial charge in [0.1, 0.15) is 18.1 Å². The number of carbonyl (C=O) groups excluding carboxylic acids is 3. The van der Waals surface area contributed by atoms with Crippen molar-refractivity contribution in [2.45, 2.75) is 37.5 Å². The monoisotopic (exact) mass is 427 g/mol. The average Bonchev–Trinajstić information content (AvgIpc) is 3.41. The first-order valence-electron chi connectivity index (χ1n) is 9.05. The van der Waals surface area contributed by atoms with Gasteiger partial charge in [-0.05, 0) is 25.7 Å². The van der Waals surface area contributed by atoms with E-state index in [0.717, 1.165) is 17.7 Å². The van der Waals surface area contributed by atoms with Crippen molar-refractivity contribution in [3.8, 4) is 0 Å². The van der Waals surface area contributed by atoms with Crippen LogP contribution in [-0.2, 0) is 9.59 Å². The third-order valence-corrected chi connectivity index (χ3v) is 5.46. The van der Waals surface area contributed by atoms with Gasteiger partial charge in [-0.15, -0.1) is 12.4 Å². The van der Waals surface area contributed by atoms with Crippen molar-refractivity contribution in [1.29, 1.82) is 0 Å². The first-order chi connectivity index (χ1) is 12.6. The number of rotatable bonds is 6. The number of nitrogens with one attached hydrogen (secondary N) is 3. The van der Waals surface area contributed by atoms with Crippen LogP contribution in [0.4, 0.5) is 18.0 Å². The Hall–Kier alpha value is -1.59. The van der Waals surface area contributed by atoms with E-state index < -0.39 is 48.7 Å². The van der Waals surface area contributed by atoms with Crippen LogP contribution in [0, 0.1) is 5.92 Å². The van der Waals surface area contributed by atoms with E-state index in [1.54, 1.807) is 6.92 Å². The van der Waals surface area contributed by atoms with Crippen LogP contribution >= 0.6 is 12.4 Å². The number of nitrogens with zero attached hydrogens (tertiary/aromatic N) is 2. The van der Waals surface area contributed by atoms with Crippen molar-refractivity contribution < 1.29 is 27.6 Å². The van der Waals surface area contributed by atoms with Gasteiger partial charge in [-0.3, -0.25) is 19.4 Å². The number of piperazine rings is 1. The molecular formula is C16H25ClF3N5O3. The number of halogens is 4. The fraction of sp³-hybridized carbons (Fsp3) is 0.812. The summed E-state index contributed by atoms with van der Waals surface area (Å²) in [6.45, 7) is 1.77. The van der Waals surface area contributed by atoms with E-state index in [1.165, 1.54) is 4.90 Å². The molecule has 3 aliphatic rings. The van der Waals surface area contributed by atoms with Gasteiger partial charge < -0.3 is 16.0 Å². The molecule has 0 aromatic heterocycles. The molecule has 0 radical (unpaired) electrons. The smallest absolute Gasteiger partial charge is 0.353 e. The zero-order valence-electron chi connectivity index (χ0n) is 15.5. The molecule has 0 aromatic carbocycles. The quantitative estimate of drug-likeness (QED) is 0.522. The van der Waals surface area contributed by atoms with Gasteiger partial charge in [0.2, 0.25) is 5.91 Å². The van der Waals surface area contributed by atoms with Gasteiger partial charge in [-0.25, -0.2) is 4.79 Å². The minimum Gasteiger partial charge on any atom is -0.353 e. The van der Waals surface area contributed by atoms with Gasteiger partial charge in [-0.1, -0.05) is 0 Å². The molecule has 0 spiro atoms. The Morgan fingerprint density at radius 2 is 1.89 bits per heavy atom. The van der Waals surface area contributed by atoms with Gasteiger partial charge in [0.25, 0.3) is 5.91 Å². The Morgan fingerprint density at radius 3 is 2.43 bits per heavy atom. The van der Waals surface area contributed by atoms with E-state index in [2.05, 4.69) is 16.0 Å². The first kappa shape index (κ1) is 22.7. The van der Waals surface area contributed by atoms with Gasteiger partial charge >= 0.3 is 12.2 Å². The Morgan fingerprint density at radius 1 is 1.29 bits per heavy atom. The topological polar surface area (TPSA) is 93.8 Å². The Bertz CT molecular complexity index is 625. The number of alkyl halides is 3. The molecule has 4 amide bonds. The van der Waals surface area contributed by atoms with Crippen LogP contribution in [0.15, 0.2) is 0 Å². The van der Waals surface area contributed by atoms with Crippen molar-refractivity contribution in [2.75, 3.05) is 39.3 Å². The van der Waals surface area contributed by atoms with E-state index in [4.69, 9.17) is 0 Å². The van der Waals surface area contributed by atoms with Gasteiger partial charge in [0, 0.05) is 32.7 Å². The summed E-state index contributed by atoms with van der Waals surface area (Å²) in [5, 5.41) is 7.81. The molecule has 3 rings (SSSR count). The number of carbonyl (C=O) groups is 3. The third kappa shape index (κ3) is 4.69. The molecule has 0 aromatic rings. The van der Waals surface area contributed by atoms with Crippen molar-refractivity contribution in [2.24, 2.45) is 5.92 Å². The number of amides is 4. The largest absolute Gasteiger partial charge is 0.405 e. The number of imide groups is 1. The maximum atomic E-state index is 13.3. The standard InChI is InChI=1S/C16H24F3N5O3.ClH/c1-15(10-2-3-10)13(26)24(14(27)22-15)9-12(25)21-8-11(16(17,18)19)23-6-4-20-5-7-23;/h10-11,20H,2-9H2,1H3,(H,21,25)(H,22,27);1H. The van der Waals surface area contributed by atoms with Crippen LogP contribution in [0.1, 0.15) is 19.8 Å². The van der Waals surface area contributed by atoms with E-state index in [1.807, 2.05) is 0 Å². The fourth-order valence-electron chi connectivity index (χ4n) is 3.65. The van der Waals surface area contributed by atoms with Gasteiger partial charge in [-0.2, -0.15) is 13.2 Å². The molecule has 2 heterocycles. The molecule has 3 fully saturated rings. The lowest BCUT2D eigenvalue weighted by Gasteiger charge is -2.36. The summed E-state index contributed by atoms with van der Waals surface area (Å²) in [6.07, 6.45) is -2.85. The minimum atomic E-state index is -4.49. The Kier molecular flexibility index (Phi) is 6.82. The number of urea groups is 1. The highest BCUT2D eigenvalue weighted by atomic mass is 35.5. The predicted octanol–water partition coefficient (Wildman–Crippen LogP) is 0.0810. The van der Waals surface area contributed by atoms with E-state index in [0.29, 0.717) is 13.1 Å². The molecule has 2 unspecified atom stereocenters. The zero-order chi connectivity index (χ0) is 19.8. The fourth-order valence-corrected chi connectivity index (χ4v) is 3.65. The van der Waals surface area contributed by atoms with Gasteiger partial charge in [0.15, 0.2) is 0 Å². The summed E-state index contributed by atoms with van der Waals surface area (Å²) in [5.41, 5.74) is -1.02. The summed E-state index contributed by atoms with van der Waals surface area (Å²) >= 11 is 0. The normalized spacial score (nSPS) is 27.2. The van der Waals surface area contributed by atoms with Crippen LogP contribution in [-0.4, -0.2) is 84.7 Å². The first-order valence-corrected chi connectivity index (χ1v) is 9.05. The van der Waals surface area contributed by atoms with E-state index >= 15 is 0 Å². The Balaban J connectivity index is 0.00000280. The summed E-state index contributed by atoms with van der Waals surface area (Å²) in [4.78, 5) is 38.7. The highest BCUT2D eigenvalue weighted by molar-refractivity contribution is 6.09. The molecule has 3 N–H and O–H groups in total. The molecule has 160 valence electrons. The summed E-state index contributed by atoms with van der Waals surface area (Å²) in [5.74, 6) is -1.24. The molecule has 0 bridgehead atoms. The van der Waals surface area contributed by atoms with Crippen molar-refractivity contribution in [3.63, 3.8) is 0 Å². The highest BCUT2D eigenvalue weighted by Crippen LogP contribution is 2.42. The third-order valence-electron chi connectivity index (χ3n) is 5.46. The zero-order valence-corrected chi connectivity index (χ0v) is 16.3. The lowest BCUT2D eigenvalue weighted by Crippen LogP contribution is -2.58. The maximum absolute atomic E-state index is 13.3. The summed E-state index contributed by atoms with van der Waals surface area (Å²) in [6, 6.07) is -2.48. The van der Waals surface area contributed by atoms with Crippen molar-refractivity contribution in [3.05, 3.63) is 0 Å². The van der Waals surface area contributed by atoms with E-state index in [-0.39, 0.29) is 31.4 Å². The van der Waals surface area contributed by atoms with Crippen LogP contribution in [0.3, 0.4) is 0 Å². The van der Waals surface area contributed by atoms with Gasteiger partial charge in [0.05, 0.1) is 0 Å². The van der Waals surface area contributed by atoms with Crippen LogP contribution in [0.5, 0.6) is 0 Å². The summed E-state index contributed by atoms with van der Waals surface area (Å²) < 4.78 is 40.0. The van der Waals surface area contributed by atoms with Crippen molar-refractivity contribution in [1.82, 2.24) is 25.8 Å². The second-order valence-electron chi connectivity index (χ2n) is 7.45. The van der Waals surface area contributed by atoms with Crippen LogP contribution in [0.2, 0.25) is 0 Å². The minimum absolute atomic E-state index is 0. The SMILES string of the molecule is CC1(C2CC2)NC(=O)N(CC(=O)NCC(N2CCNCC2)C(F)(F)F)C1=O.Cl. The van der Waals surface area contributed by atoms with Crippen LogP contribution in [0.25, 0.3) is 0 Å². The predicted molar refractivity (Wildman–Crippen MR) is 95.9 cm³/mol. The average molecular weight is 428 g/mol. The maximum Gasteiger partial charge on any atom is 0.405 e. The highest BCUT2D eigenvalue weighted by Gasteiger charge is 2.56. The number of hydrogen-bond acceptors (Lipinski definition) is 5. The Labute approximate surface area is 166 Å². The molecule has 1 saturated carbocycles. The van der Waals surface area contributed by atoms with Crippen LogP contribution < -0.4 is 16.0 Å². The second kappa shape index (κ2) is 8.42. The second-order valence-corrected chi connectivity index (χ2v) is 7.45. The molecular weight excluding hydrogens is 403 g/mol. The molecule has 2 saturated heterocycles. The molecule has 8 nitrogen and oxygen atoms in total. The molecule has 28 heavy (non-hydrogen) atoms. The lowest BCUT2D eigenvalue weighted by atomic mass is 9.96.